The van der Waals surface area contributed by atoms with Gasteiger partial charge < -0.3 is 10.2 Å². The summed E-state index contributed by atoms with van der Waals surface area (Å²) >= 11 is 7.22. The maximum absolute atomic E-state index is 14.2. The SMILES string of the molecule is CC(=O)N(c1nc(/C=C/C(=O)Nc2cc(Cl)ccc2N(C)C)cs1)c1ccccc1F. The largest absolute Gasteiger partial charge is 0.376 e. The van der Waals surface area contributed by atoms with Gasteiger partial charge in [0.05, 0.1) is 22.8 Å². The Bertz CT molecular complexity index is 1150. The number of nitrogens with one attached hydrogen (secondary N) is 1. The Kier molecular flexibility index (Phi) is 7.04. The number of halogens is 2. The number of anilines is 4. The average Bonchev–Trinajstić information content (AvgIpc) is 3.16. The van der Waals surface area contributed by atoms with Gasteiger partial charge in [-0.05, 0) is 36.4 Å². The predicted octanol–water partition coefficient (Wildman–Crippen LogP) is 5.34. The van der Waals surface area contributed by atoms with Gasteiger partial charge in [-0.3, -0.25) is 14.5 Å². The van der Waals surface area contributed by atoms with Crippen molar-refractivity contribution >= 4 is 63.0 Å². The quantitative estimate of drug-likeness (QED) is 0.506. The fourth-order valence-corrected chi connectivity index (χ4v) is 3.85. The molecule has 31 heavy (non-hydrogen) atoms. The molecule has 0 saturated carbocycles. The molecular formula is C22H20ClFN4O2S. The van der Waals surface area contributed by atoms with Crippen molar-refractivity contribution < 1.29 is 14.0 Å². The highest BCUT2D eigenvalue weighted by Crippen LogP contribution is 2.31. The number of benzene rings is 2. The monoisotopic (exact) mass is 458 g/mol. The number of hydrogen-bond acceptors (Lipinski definition) is 5. The molecule has 0 aliphatic heterocycles. The van der Waals surface area contributed by atoms with E-state index in [0.717, 1.165) is 5.69 Å². The zero-order chi connectivity index (χ0) is 22.5. The van der Waals surface area contributed by atoms with E-state index in [9.17, 15) is 14.0 Å². The van der Waals surface area contributed by atoms with Crippen LogP contribution in [0.25, 0.3) is 6.08 Å². The normalized spacial score (nSPS) is 10.9. The number of amides is 2. The molecule has 3 aromatic rings. The van der Waals surface area contributed by atoms with Crippen molar-refractivity contribution in [3.63, 3.8) is 0 Å². The predicted molar refractivity (Wildman–Crippen MR) is 125 cm³/mol. The first-order valence-electron chi connectivity index (χ1n) is 9.23. The van der Waals surface area contributed by atoms with Crippen LogP contribution in [-0.2, 0) is 9.59 Å². The fourth-order valence-electron chi connectivity index (χ4n) is 2.83. The lowest BCUT2D eigenvalue weighted by atomic mass is 10.2. The van der Waals surface area contributed by atoms with E-state index in [2.05, 4.69) is 10.3 Å². The molecule has 160 valence electrons. The third-order valence-electron chi connectivity index (χ3n) is 4.21. The minimum absolute atomic E-state index is 0.120. The third kappa shape index (κ3) is 5.48. The Morgan fingerprint density at radius 1 is 1.16 bits per heavy atom. The van der Waals surface area contributed by atoms with E-state index in [4.69, 9.17) is 11.6 Å². The number of nitrogens with zero attached hydrogens (tertiary/aromatic N) is 3. The van der Waals surface area contributed by atoms with E-state index in [1.165, 1.54) is 47.4 Å². The Hall–Kier alpha value is -3.23. The summed E-state index contributed by atoms with van der Waals surface area (Å²) in [6.45, 7) is 1.34. The number of hydrogen-bond donors (Lipinski definition) is 1. The Balaban J connectivity index is 1.78. The number of para-hydroxylation sites is 1. The van der Waals surface area contributed by atoms with Gasteiger partial charge in [-0.1, -0.05) is 23.7 Å². The zero-order valence-electron chi connectivity index (χ0n) is 17.1. The molecule has 0 bridgehead atoms. The van der Waals surface area contributed by atoms with E-state index in [1.807, 2.05) is 25.1 Å². The molecule has 0 saturated heterocycles. The first kappa shape index (κ1) is 22.5. The molecule has 2 amide bonds. The highest BCUT2D eigenvalue weighted by atomic mass is 35.5. The molecule has 0 aliphatic rings. The van der Waals surface area contributed by atoms with Gasteiger partial charge in [-0.2, -0.15) is 0 Å². The van der Waals surface area contributed by atoms with Gasteiger partial charge in [0.15, 0.2) is 5.13 Å². The van der Waals surface area contributed by atoms with E-state index >= 15 is 0 Å². The molecule has 1 N–H and O–H groups in total. The summed E-state index contributed by atoms with van der Waals surface area (Å²) in [4.78, 5) is 31.9. The van der Waals surface area contributed by atoms with Gasteiger partial charge in [0.1, 0.15) is 5.82 Å². The minimum Gasteiger partial charge on any atom is -0.376 e. The van der Waals surface area contributed by atoms with Crippen molar-refractivity contribution in [2.24, 2.45) is 0 Å². The van der Waals surface area contributed by atoms with Gasteiger partial charge in [-0.15, -0.1) is 11.3 Å². The van der Waals surface area contributed by atoms with Gasteiger partial charge in [0.25, 0.3) is 0 Å². The summed E-state index contributed by atoms with van der Waals surface area (Å²) < 4.78 is 14.2. The van der Waals surface area contributed by atoms with Crippen molar-refractivity contribution in [2.45, 2.75) is 6.92 Å². The molecule has 2 aromatic carbocycles. The zero-order valence-corrected chi connectivity index (χ0v) is 18.7. The second-order valence-electron chi connectivity index (χ2n) is 6.74. The summed E-state index contributed by atoms with van der Waals surface area (Å²) in [7, 11) is 3.73. The van der Waals surface area contributed by atoms with Crippen LogP contribution in [0.4, 0.5) is 26.6 Å². The highest BCUT2D eigenvalue weighted by Gasteiger charge is 2.20. The van der Waals surface area contributed by atoms with Crippen molar-refractivity contribution in [3.8, 4) is 0 Å². The lowest BCUT2D eigenvalue weighted by Crippen LogP contribution is -2.23. The van der Waals surface area contributed by atoms with Gasteiger partial charge in [0, 0.05) is 37.5 Å². The summed E-state index contributed by atoms with van der Waals surface area (Å²) in [5.74, 6) is -1.26. The molecule has 1 heterocycles. The van der Waals surface area contributed by atoms with Crippen molar-refractivity contribution in [1.29, 1.82) is 0 Å². The number of aromatic nitrogens is 1. The molecule has 1 aromatic heterocycles. The third-order valence-corrected chi connectivity index (χ3v) is 5.29. The van der Waals surface area contributed by atoms with E-state index in [-0.39, 0.29) is 17.5 Å². The van der Waals surface area contributed by atoms with Crippen molar-refractivity contribution in [3.05, 3.63) is 70.5 Å². The number of carbonyl (C=O) groups excluding carboxylic acids is 2. The van der Waals surface area contributed by atoms with E-state index < -0.39 is 5.82 Å². The Morgan fingerprint density at radius 3 is 2.58 bits per heavy atom. The second kappa shape index (κ2) is 9.72. The average molecular weight is 459 g/mol. The molecule has 0 fully saturated rings. The lowest BCUT2D eigenvalue weighted by molar-refractivity contribution is -0.116. The van der Waals surface area contributed by atoms with Crippen LogP contribution < -0.4 is 15.1 Å². The van der Waals surface area contributed by atoms with E-state index in [1.54, 1.807) is 29.6 Å². The van der Waals surface area contributed by atoms with Crippen LogP contribution in [0, 0.1) is 5.82 Å². The number of thiazole rings is 1. The van der Waals surface area contributed by atoms with Crippen LogP contribution >= 0.6 is 22.9 Å². The van der Waals surface area contributed by atoms with Crippen LogP contribution in [0.1, 0.15) is 12.6 Å². The molecule has 9 heteroatoms. The molecule has 0 atom stereocenters. The first-order chi connectivity index (χ1) is 14.8. The summed E-state index contributed by atoms with van der Waals surface area (Å²) in [5.41, 5.74) is 1.98. The fraction of sp³-hybridized carbons (Fsp3) is 0.136. The highest BCUT2D eigenvalue weighted by molar-refractivity contribution is 7.14. The van der Waals surface area contributed by atoms with Crippen molar-refractivity contribution in [2.75, 3.05) is 29.2 Å². The first-order valence-corrected chi connectivity index (χ1v) is 10.5. The Labute approximate surface area is 188 Å². The van der Waals surface area contributed by atoms with Crippen LogP contribution in [-0.4, -0.2) is 30.9 Å². The number of rotatable bonds is 6. The maximum atomic E-state index is 14.2. The minimum atomic E-state index is -0.525. The molecule has 6 nitrogen and oxygen atoms in total. The van der Waals surface area contributed by atoms with Crippen molar-refractivity contribution in [1.82, 2.24) is 4.98 Å². The van der Waals surface area contributed by atoms with Gasteiger partial charge >= 0.3 is 0 Å². The molecule has 0 unspecified atom stereocenters. The van der Waals surface area contributed by atoms with Crippen LogP contribution in [0.5, 0.6) is 0 Å². The second-order valence-corrected chi connectivity index (χ2v) is 8.01. The lowest BCUT2D eigenvalue weighted by Gasteiger charge is -2.18. The molecule has 3 rings (SSSR count). The Morgan fingerprint density at radius 2 is 1.90 bits per heavy atom. The van der Waals surface area contributed by atoms with Crippen LogP contribution in [0.15, 0.2) is 53.9 Å². The number of carbonyl (C=O) groups is 2. The summed E-state index contributed by atoms with van der Waals surface area (Å²) in [6.07, 6.45) is 2.86. The molecule has 0 spiro atoms. The standard InChI is InChI=1S/C22H20ClFN4O2S/c1-14(29)28(19-7-5-4-6-17(19)24)22-25-16(13-31-22)9-11-21(30)26-18-12-15(23)8-10-20(18)27(2)3/h4-13H,1-3H3,(H,26,30)/b11-9+. The topological polar surface area (TPSA) is 65.5 Å². The van der Waals surface area contributed by atoms with E-state index in [0.29, 0.717) is 21.5 Å². The van der Waals surface area contributed by atoms with Crippen LogP contribution in [0.2, 0.25) is 5.02 Å². The molecule has 0 aliphatic carbocycles. The maximum Gasteiger partial charge on any atom is 0.248 e. The van der Waals surface area contributed by atoms with Gasteiger partial charge in [-0.25, -0.2) is 9.37 Å². The smallest absolute Gasteiger partial charge is 0.248 e. The van der Waals surface area contributed by atoms with Crippen LogP contribution in [0.3, 0.4) is 0 Å². The van der Waals surface area contributed by atoms with Gasteiger partial charge in [0.2, 0.25) is 11.8 Å². The summed E-state index contributed by atoms with van der Waals surface area (Å²) in [5, 5.41) is 5.29. The molecule has 0 radical (unpaired) electrons. The summed E-state index contributed by atoms with van der Waals surface area (Å²) in [6, 6.07) is 11.2. The molecular weight excluding hydrogens is 439 g/mol.